The smallest absolute Gasteiger partial charge is 0.347 e. The summed E-state index contributed by atoms with van der Waals surface area (Å²) in [6.07, 6.45) is 0. The third-order valence-electron chi connectivity index (χ3n) is 5.09. The second-order valence-corrected chi connectivity index (χ2v) is 10.6. The summed E-state index contributed by atoms with van der Waals surface area (Å²) >= 11 is 29.6. The first-order valence-corrected chi connectivity index (χ1v) is 13.9. The van der Waals surface area contributed by atoms with E-state index in [0.717, 1.165) is 0 Å². The minimum atomic E-state index is -0.993. The summed E-state index contributed by atoms with van der Waals surface area (Å²) in [5, 5.41) is 9.93. The highest BCUT2D eigenvalue weighted by molar-refractivity contribution is 9.10. The average Bonchev–Trinajstić information content (AvgIpc) is 2.88. The second kappa shape index (κ2) is 13.2. The maximum absolute atomic E-state index is 14.1. The number of hydrogen-bond acceptors (Lipinski definition) is 7. The largest absolute Gasteiger partial charge is 0.506 e. The lowest BCUT2D eigenvalue weighted by molar-refractivity contribution is 0.0513. The Hall–Kier alpha value is -2.22. The molecule has 2 heterocycles. The Bertz CT molecular complexity index is 1750. The van der Waals surface area contributed by atoms with E-state index in [0.29, 0.717) is 0 Å². The van der Waals surface area contributed by atoms with Crippen molar-refractivity contribution < 1.29 is 33.0 Å². The fourth-order valence-corrected chi connectivity index (χ4v) is 4.95. The van der Waals surface area contributed by atoms with Gasteiger partial charge in [0.1, 0.15) is 22.0 Å². The highest BCUT2D eigenvalue weighted by atomic mass is 79.9. The Morgan fingerprint density at radius 3 is 1.98 bits per heavy atom. The number of benzene rings is 2. The van der Waals surface area contributed by atoms with Crippen molar-refractivity contribution in [3.63, 3.8) is 0 Å². The summed E-state index contributed by atoms with van der Waals surface area (Å²) in [5.41, 5.74) is -1.97. The van der Waals surface area contributed by atoms with Gasteiger partial charge in [0, 0.05) is 10.8 Å². The van der Waals surface area contributed by atoms with E-state index in [9.17, 15) is 28.3 Å². The molecule has 0 aliphatic carbocycles. The summed E-state index contributed by atoms with van der Waals surface area (Å²) in [6.45, 7) is 3.38. The van der Waals surface area contributed by atoms with Crippen LogP contribution in [0.4, 0.5) is 8.78 Å². The van der Waals surface area contributed by atoms with Gasteiger partial charge in [0.15, 0.2) is 17.2 Å². The molecule has 0 atom stereocenters. The van der Waals surface area contributed by atoms with Gasteiger partial charge < -0.3 is 19.6 Å². The van der Waals surface area contributed by atoms with Gasteiger partial charge in [-0.05, 0) is 57.8 Å². The number of ether oxygens (including phenoxy) is 2. The molecule has 0 radical (unpaired) electrons. The number of aromatic nitrogens is 2. The molecule has 0 saturated carbocycles. The monoisotopic (exact) mass is 762 g/mol. The highest BCUT2D eigenvalue weighted by Gasteiger charge is 2.24. The van der Waals surface area contributed by atoms with E-state index in [1.165, 1.54) is 12.1 Å². The fraction of sp³-hybridized carbons (Fsp3) is 0.167. The minimum Gasteiger partial charge on any atom is -0.506 e. The van der Waals surface area contributed by atoms with Crippen molar-refractivity contribution in [2.24, 2.45) is 0 Å². The van der Waals surface area contributed by atoms with Crippen LogP contribution in [-0.2, 0) is 9.47 Å². The van der Waals surface area contributed by atoms with Gasteiger partial charge in [0.25, 0.3) is 5.56 Å². The Kier molecular flexibility index (Phi) is 10.6. The number of halogens is 8. The molecule has 0 spiro atoms. The van der Waals surface area contributed by atoms with Gasteiger partial charge in [-0.2, -0.15) is 0 Å². The van der Waals surface area contributed by atoms with E-state index >= 15 is 0 Å². The van der Waals surface area contributed by atoms with Gasteiger partial charge >= 0.3 is 11.9 Å². The molecule has 0 unspecified atom stereocenters. The van der Waals surface area contributed by atoms with Crippen LogP contribution in [0.25, 0.3) is 21.8 Å². The van der Waals surface area contributed by atoms with Crippen molar-refractivity contribution >= 4 is 112 Å². The molecule has 0 amide bonds. The van der Waals surface area contributed by atoms with Gasteiger partial charge in [0.2, 0.25) is 0 Å². The zero-order valence-corrected chi connectivity index (χ0v) is 26.2. The minimum absolute atomic E-state index is 0.00726. The average molecular weight is 766 g/mol. The molecule has 212 valence electrons. The van der Waals surface area contributed by atoms with Crippen LogP contribution in [0.5, 0.6) is 5.75 Å². The number of hydrogen-bond donors (Lipinski definition) is 2. The number of aromatic amines is 1. The molecule has 2 aromatic carbocycles. The van der Waals surface area contributed by atoms with E-state index in [4.69, 9.17) is 51.1 Å². The summed E-state index contributed by atoms with van der Waals surface area (Å²) < 4.78 is 37.6. The number of pyridine rings is 2. The Labute approximate surface area is 260 Å². The van der Waals surface area contributed by atoms with Crippen LogP contribution in [-0.4, -0.2) is 40.2 Å². The number of aromatic hydroxyl groups is 1. The molecule has 0 fully saturated rings. The van der Waals surface area contributed by atoms with Crippen LogP contribution in [0.3, 0.4) is 0 Å². The maximum atomic E-state index is 14.1. The van der Waals surface area contributed by atoms with Gasteiger partial charge in [-0.25, -0.2) is 23.4 Å². The predicted octanol–water partition coefficient (Wildman–Crippen LogP) is 8.24. The maximum Gasteiger partial charge on any atom is 0.347 e. The van der Waals surface area contributed by atoms with Crippen LogP contribution in [0.2, 0.25) is 20.2 Å². The summed E-state index contributed by atoms with van der Waals surface area (Å²) in [6, 6.07) is 2.64. The summed E-state index contributed by atoms with van der Waals surface area (Å²) in [4.78, 5) is 41.3. The number of nitrogens with one attached hydrogen (secondary N) is 1. The quantitative estimate of drug-likeness (QED) is 0.122. The van der Waals surface area contributed by atoms with Crippen molar-refractivity contribution in [2.45, 2.75) is 13.8 Å². The first kappa shape index (κ1) is 32.3. The number of esters is 2. The molecule has 16 heteroatoms. The lowest BCUT2D eigenvalue weighted by Gasteiger charge is -2.10. The van der Waals surface area contributed by atoms with Gasteiger partial charge in [0.05, 0.1) is 42.7 Å². The van der Waals surface area contributed by atoms with E-state index in [1.807, 2.05) is 0 Å². The molecular weight excluding hydrogens is 752 g/mol. The molecule has 0 saturated heterocycles. The number of nitrogens with zero attached hydrogens (tertiary/aromatic N) is 1. The third kappa shape index (κ3) is 6.17. The molecule has 2 aromatic heterocycles. The molecule has 0 aliphatic heterocycles. The SMILES string of the molecule is CCOC(=O)c1c(Cl)nc2c(F)c(Br)c(Cl)cc2c1Cl.CCOC(=O)c1c(O)c2cc(Cl)c(Br)c(F)c2[nH]c1=O. The van der Waals surface area contributed by atoms with Crippen LogP contribution in [0.1, 0.15) is 34.6 Å². The summed E-state index contributed by atoms with van der Waals surface area (Å²) in [5.74, 6) is -3.93. The van der Waals surface area contributed by atoms with E-state index in [1.54, 1.807) is 13.8 Å². The Balaban J connectivity index is 0.000000220. The molecule has 0 bridgehead atoms. The molecule has 4 rings (SSSR count). The number of H-pyrrole nitrogens is 1. The molecule has 8 nitrogen and oxygen atoms in total. The van der Waals surface area contributed by atoms with Crippen LogP contribution in [0.15, 0.2) is 25.9 Å². The van der Waals surface area contributed by atoms with Crippen LogP contribution in [0, 0.1) is 11.6 Å². The van der Waals surface area contributed by atoms with Gasteiger partial charge in [-0.3, -0.25) is 4.79 Å². The number of rotatable bonds is 4. The standard InChI is InChI=1S/C12H6BrCl3FNO2.C12H8BrClFNO4/c1-2-20-12(19)6-8(15)4-3-5(14)7(13)9(17)10(4)18-11(6)16;1-2-20-12(19)6-10(17)4-3-5(14)7(13)8(15)9(4)16-11(6)18/h3H,2H2,1H3;3H,2H2,1H3,(H2,16,17,18). The highest BCUT2D eigenvalue weighted by Crippen LogP contribution is 2.38. The lowest BCUT2D eigenvalue weighted by Crippen LogP contribution is -2.20. The van der Waals surface area contributed by atoms with E-state index < -0.39 is 40.4 Å². The molecule has 4 aromatic rings. The van der Waals surface area contributed by atoms with Crippen molar-refractivity contribution in [1.29, 1.82) is 0 Å². The molecule has 40 heavy (non-hydrogen) atoms. The van der Waals surface area contributed by atoms with Crippen molar-refractivity contribution in [3.05, 3.63) is 74.4 Å². The third-order valence-corrected chi connectivity index (χ3v) is 8.36. The van der Waals surface area contributed by atoms with Gasteiger partial charge in [-0.15, -0.1) is 0 Å². The van der Waals surface area contributed by atoms with Crippen LogP contribution < -0.4 is 5.56 Å². The number of fused-ring (bicyclic) bond motifs is 2. The van der Waals surface area contributed by atoms with Crippen LogP contribution >= 0.6 is 78.3 Å². The zero-order chi connectivity index (χ0) is 30.0. The summed E-state index contributed by atoms with van der Waals surface area (Å²) in [7, 11) is 0. The first-order chi connectivity index (χ1) is 18.8. The normalized spacial score (nSPS) is 10.8. The predicted molar refractivity (Wildman–Crippen MR) is 155 cm³/mol. The number of carbonyl (C=O) groups is 2. The Morgan fingerprint density at radius 1 is 0.925 bits per heavy atom. The van der Waals surface area contributed by atoms with Crippen molar-refractivity contribution in [3.8, 4) is 5.75 Å². The zero-order valence-electron chi connectivity index (χ0n) is 20.0. The fourth-order valence-electron chi connectivity index (χ4n) is 3.33. The topological polar surface area (TPSA) is 119 Å². The van der Waals surface area contributed by atoms with Crippen molar-refractivity contribution in [1.82, 2.24) is 9.97 Å². The molecule has 2 N–H and O–H groups in total. The van der Waals surface area contributed by atoms with E-state index in [2.05, 4.69) is 46.6 Å². The molecule has 0 aliphatic rings. The first-order valence-electron chi connectivity index (χ1n) is 10.8. The van der Waals surface area contributed by atoms with Gasteiger partial charge in [-0.1, -0.05) is 46.4 Å². The van der Waals surface area contributed by atoms with E-state index in [-0.39, 0.29) is 69.7 Å². The number of carbonyl (C=O) groups excluding carboxylic acids is 2. The Morgan fingerprint density at radius 2 is 1.43 bits per heavy atom. The van der Waals surface area contributed by atoms with Crippen molar-refractivity contribution in [2.75, 3.05) is 13.2 Å². The lowest BCUT2D eigenvalue weighted by atomic mass is 10.1. The molecular formula is C24H14Br2Cl4F2N2O6. The second-order valence-electron chi connectivity index (χ2n) is 7.50.